The fourth-order valence-electron chi connectivity index (χ4n) is 5.08. The number of aromatic hydroxyl groups is 1. The molecule has 4 nitrogen and oxygen atoms in total. The number of hydrogen-bond acceptors (Lipinski definition) is 4. The van der Waals surface area contributed by atoms with Crippen LogP contribution in [0.3, 0.4) is 0 Å². The maximum absolute atomic E-state index is 10.9. The Kier molecular flexibility index (Phi) is 8.66. The molecule has 4 aromatic carbocycles. The second-order valence-corrected chi connectivity index (χ2v) is 10.4. The first-order valence-corrected chi connectivity index (χ1v) is 13.7. The zero-order chi connectivity index (χ0) is 28.2. The Morgan fingerprint density at radius 2 is 1.36 bits per heavy atom. The molecule has 0 saturated carbocycles. The number of hydrogen-bond donors (Lipinski definition) is 1. The van der Waals surface area contributed by atoms with Gasteiger partial charge >= 0.3 is 0 Å². The fraction of sp³-hybridized carbons (Fsp3) is 0.0811. The third-order valence-electron chi connectivity index (χ3n) is 7.43. The molecule has 0 atom stereocenters. The topological polar surface area (TPSA) is 49.2 Å². The van der Waals surface area contributed by atoms with E-state index in [-0.39, 0.29) is 32.2 Å². The average molecular weight is 728 g/mol. The van der Waals surface area contributed by atoms with Crippen LogP contribution in [0.5, 0.6) is 5.75 Å². The summed E-state index contributed by atoms with van der Waals surface area (Å²) in [6, 6.07) is 47.7. The van der Waals surface area contributed by atoms with Gasteiger partial charge in [0.05, 0.1) is 5.69 Å². The number of anilines is 3. The first-order chi connectivity index (χ1) is 20.0. The van der Waals surface area contributed by atoms with Gasteiger partial charge < -0.3 is 10.0 Å². The first kappa shape index (κ1) is 29.0. The second kappa shape index (κ2) is 12.5. The van der Waals surface area contributed by atoms with E-state index in [0.29, 0.717) is 11.3 Å². The summed E-state index contributed by atoms with van der Waals surface area (Å²) in [6.07, 6.45) is 1.79. The van der Waals surface area contributed by atoms with E-state index < -0.39 is 0 Å². The van der Waals surface area contributed by atoms with Crippen LogP contribution in [0.15, 0.2) is 140 Å². The molecule has 42 heavy (non-hydrogen) atoms. The Bertz CT molecular complexity index is 1730. The summed E-state index contributed by atoms with van der Waals surface area (Å²) in [6.45, 7) is 4.39. The van der Waals surface area contributed by atoms with E-state index in [4.69, 9.17) is 4.98 Å². The average Bonchev–Trinajstić information content (AvgIpc) is 3.03. The Labute approximate surface area is 261 Å². The Morgan fingerprint density at radius 3 is 2.10 bits per heavy atom. The van der Waals surface area contributed by atoms with Gasteiger partial charge in [0.25, 0.3) is 0 Å². The smallest absolute Gasteiger partial charge is 0.136 e. The van der Waals surface area contributed by atoms with Gasteiger partial charge in [0, 0.05) is 43.9 Å². The minimum atomic E-state index is -0.240. The van der Waals surface area contributed by atoms with Crippen LogP contribution in [-0.4, -0.2) is 15.1 Å². The predicted octanol–water partition coefficient (Wildman–Crippen LogP) is 9.11. The largest absolute Gasteiger partial charge is 0.507 e. The van der Waals surface area contributed by atoms with Gasteiger partial charge in [-0.05, 0) is 65.0 Å². The molecule has 2 heterocycles. The van der Waals surface area contributed by atoms with Crippen molar-refractivity contribution in [3.05, 3.63) is 157 Å². The maximum Gasteiger partial charge on any atom is 0.136 e. The summed E-state index contributed by atoms with van der Waals surface area (Å²) in [4.78, 5) is 11.7. The maximum atomic E-state index is 10.9. The number of rotatable bonds is 7. The second-order valence-electron chi connectivity index (χ2n) is 10.4. The number of aromatic nitrogens is 2. The molecule has 0 aliphatic rings. The minimum absolute atomic E-state index is 0. The van der Waals surface area contributed by atoms with E-state index in [1.165, 1.54) is 5.56 Å². The SMILES string of the molecule is CC(C)(c1ccccc1)c1ccc(O)c(-c2cccc(-c3[c-]c(N(c4ccccc4)c4ccccn4)ccc3)n2)c1.[Pt]. The molecule has 0 aliphatic carbocycles. The summed E-state index contributed by atoms with van der Waals surface area (Å²) in [5.41, 5.74) is 6.94. The van der Waals surface area contributed by atoms with Crippen molar-refractivity contribution in [2.45, 2.75) is 19.3 Å². The van der Waals surface area contributed by atoms with Gasteiger partial charge in [-0.15, -0.1) is 29.8 Å². The van der Waals surface area contributed by atoms with Gasteiger partial charge in [-0.1, -0.05) is 86.6 Å². The molecule has 0 fully saturated rings. The van der Waals surface area contributed by atoms with Crippen LogP contribution in [0.25, 0.3) is 22.5 Å². The molecule has 0 radical (unpaired) electrons. The van der Waals surface area contributed by atoms with Crippen molar-refractivity contribution < 1.29 is 26.2 Å². The van der Waals surface area contributed by atoms with Crippen LogP contribution in [0.2, 0.25) is 0 Å². The molecule has 0 unspecified atom stereocenters. The van der Waals surface area contributed by atoms with Crippen LogP contribution >= 0.6 is 0 Å². The molecule has 0 saturated heterocycles. The Morgan fingerprint density at radius 1 is 0.667 bits per heavy atom. The van der Waals surface area contributed by atoms with E-state index in [9.17, 15) is 5.11 Å². The number of phenols is 1. The van der Waals surface area contributed by atoms with Crippen molar-refractivity contribution in [1.82, 2.24) is 9.97 Å². The molecule has 0 bridgehead atoms. The number of benzene rings is 4. The number of nitrogens with zero attached hydrogens (tertiary/aromatic N) is 3. The minimum Gasteiger partial charge on any atom is -0.507 e. The van der Waals surface area contributed by atoms with Crippen LogP contribution < -0.4 is 4.90 Å². The number of para-hydroxylation sites is 1. The molecule has 0 amide bonds. The van der Waals surface area contributed by atoms with E-state index in [0.717, 1.165) is 34.0 Å². The quantitative estimate of drug-likeness (QED) is 0.167. The summed E-state index contributed by atoms with van der Waals surface area (Å²) in [5.74, 6) is 1.00. The molecule has 1 N–H and O–H groups in total. The third-order valence-corrected chi connectivity index (χ3v) is 7.43. The van der Waals surface area contributed by atoms with E-state index in [1.54, 1.807) is 12.3 Å². The molecule has 6 aromatic rings. The van der Waals surface area contributed by atoms with Crippen LogP contribution in [0, 0.1) is 6.07 Å². The monoisotopic (exact) mass is 727 g/mol. The van der Waals surface area contributed by atoms with Crippen molar-refractivity contribution in [3.8, 4) is 28.3 Å². The van der Waals surface area contributed by atoms with Gasteiger partial charge in [0.15, 0.2) is 0 Å². The fourth-order valence-corrected chi connectivity index (χ4v) is 5.08. The molecule has 0 aliphatic heterocycles. The molecular weight excluding hydrogens is 698 g/mol. The van der Waals surface area contributed by atoms with Crippen LogP contribution in [0.4, 0.5) is 17.2 Å². The van der Waals surface area contributed by atoms with Gasteiger partial charge in [-0.2, -0.15) is 0 Å². The summed E-state index contributed by atoms with van der Waals surface area (Å²) in [5, 5.41) is 10.9. The number of pyridine rings is 2. The third kappa shape index (κ3) is 5.91. The molecule has 0 spiro atoms. The van der Waals surface area contributed by atoms with Crippen molar-refractivity contribution in [2.75, 3.05) is 4.90 Å². The van der Waals surface area contributed by atoms with Crippen molar-refractivity contribution in [1.29, 1.82) is 0 Å². The van der Waals surface area contributed by atoms with Crippen molar-refractivity contribution in [2.24, 2.45) is 0 Å². The molecule has 5 heteroatoms. The Balaban J connectivity index is 0.00000353. The van der Waals surface area contributed by atoms with E-state index >= 15 is 0 Å². The normalized spacial score (nSPS) is 11.0. The van der Waals surface area contributed by atoms with Crippen molar-refractivity contribution >= 4 is 17.2 Å². The first-order valence-electron chi connectivity index (χ1n) is 13.7. The van der Waals surface area contributed by atoms with Crippen molar-refractivity contribution in [3.63, 3.8) is 0 Å². The molecule has 210 valence electrons. The molecule has 6 rings (SSSR count). The van der Waals surface area contributed by atoms with Gasteiger partial charge in [-0.25, -0.2) is 4.98 Å². The standard InChI is InChI=1S/C37H30N3O.Pt/c1-37(2,28-14-5-3-6-15-28)29-22-23-35(41)32(26-29)34-20-12-19-33(39-34)27-13-11-18-31(25-27)40(30-16-7-4-8-17-30)36-21-9-10-24-38-36;/h3-24,26,41H,1-2H3;/q-1;. The molecule has 2 aromatic heterocycles. The van der Waals surface area contributed by atoms with Crippen LogP contribution in [0.1, 0.15) is 25.0 Å². The Hall–Kier alpha value is -4.53. The zero-order valence-electron chi connectivity index (χ0n) is 23.4. The van der Waals surface area contributed by atoms with Crippen LogP contribution in [-0.2, 0) is 26.5 Å². The zero-order valence-corrected chi connectivity index (χ0v) is 25.7. The van der Waals surface area contributed by atoms with Gasteiger partial charge in [-0.3, -0.25) is 4.98 Å². The number of phenolic OH excluding ortho intramolecular Hbond substituents is 1. The van der Waals surface area contributed by atoms with E-state index in [2.05, 4.69) is 66.2 Å². The van der Waals surface area contributed by atoms with Gasteiger partial charge in [0.1, 0.15) is 11.6 Å². The predicted molar refractivity (Wildman–Crippen MR) is 167 cm³/mol. The summed E-state index contributed by atoms with van der Waals surface area (Å²) >= 11 is 0. The summed E-state index contributed by atoms with van der Waals surface area (Å²) in [7, 11) is 0. The van der Waals surface area contributed by atoms with E-state index in [1.807, 2.05) is 91.0 Å². The van der Waals surface area contributed by atoms with Gasteiger partial charge in [0.2, 0.25) is 0 Å². The summed E-state index contributed by atoms with van der Waals surface area (Å²) < 4.78 is 0. The molecular formula is C37H30N3OPt-.